The summed E-state index contributed by atoms with van der Waals surface area (Å²) in [5, 5.41) is 7.08. The molecule has 3 N–H and O–H groups in total. The number of alkyl halides is 2. The highest BCUT2D eigenvalue weighted by atomic mass is 19.3. The number of hydrogen-bond donors (Lipinski definition) is 2. The molecule has 0 saturated heterocycles. The van der Waals surface area contributed by atoms with Crippen molar-refractivity contribution in [3.63, 3.8) is 0 Å². The summed E-state index contributed by atoms with van der Waals surface area (Å²) in [6.07, 6.45) is 1.85. The van der Waals surface area contributed by atoms with Gasteiger partial charge >= 0.3 is 0 Å². The number of nitrogens with two attached hydrogens (primary N) is 1. The molecule has 0 fully saturated rings. The second kappa shape index (κ2) is 6.17. The van der Waals surface area contributed by atoms with Crippen LogP contribution in [0.2, 0.25) is 0 Å². The molecule has 1 aromatic carbocycles. The van der Waals surface area contributed by atoms with E-state index in [4.69, 9.17) is 5.73 Å². The lowest BCUT2D eigenvalue weighted by Crippen LogP contribution is -2.08. The van der Waals surface area contributed by atoms with Gasteiger partial charge in [0, 0.05) is 42.4 Å². The molecule has 0 aliphatic heterocycles. The number of nitrogen functional groups attached to an aromatic ring is 1. The molecule has 19 heavy (non-hydrogen) atoms. The summed E-state index contributed by atoms with van der Waals surface area (Å²) in [6.45, 7) is 1.35. The van der Waals surface area contributed by atoms with Gasteiger partial charge in [-0.3, -0.25) is 4.68 Å². The molecule has 0 radical (unpaired) electrons. The molecule has 0 unspecified atom stereocenters. The average molecular weight is 266 g/mol. The van der Waals surface area contributed by atoms with Crippen molar-refractivity contribution in [2.75, 3.05) is 17.6 Å². The fourth-order valence-corrected chi connectivity index (χ4v) is 1.82. The van der Waals surface area contributed by atoms with E-state index in [1.807, 2.05) is 12.3 Å². The zero-order valence-corrected chi connectivity index (χ0v) is 10.4. The van der Waals surface area contributed by atoms with Gasteiger partial charge in [-0.1, -0.05) is 0 Å². The van der Waals surface area contributed by atoms with Crippen LogP contribution >= 0.6 is 0 Å². The maximum atomic E-state index is 12.8. The van der Waals surface area contributed by atoms with E-state index < -0.39 is 6.43 Å². The number of halogens is 2. The van der Waals surface area contributed by atoms with Crippen molar-refractivity contribution in [2.24, 2.45) is 0 Å². The standard InChI is InChI=1S/C13H16F2N4/c14-13(15)11-9-10(16)3-4-12(11)17-5-1-7-19-8-2-6-18-19/h2-4,6,8-9,13,17H,1,5,7,16H2. The Morgan fingerprint density at radius 2 is 2.21 bits per heavy atom. The molecule has 0 amide bonds. The number of nitrogens with zero attached hydrogens (tertiary/aromatic N) is 2. The van der Waals surface area contributed by atoms with Crippen LogP contribution in [0.25, 0.3) is 0 Å². The van der Waals surface area contributed by atoms with Gasteiger partial charge in [0.25, 0.3) is 6.43 Å². The summed E-state index contributed by atoms with van der Waals surface area (Å²) in [4.78, 5) is 0. The Labute approximate surface area is 110 Å². The van der Waals surface area contributed by atoms with Crippen molar-refractivity contribution in [3.8, 4) is 0 Å². The molecule has 0 bridgehead atoms. The van der Waals surface area contributed by atoms with Crippen molar-refractivity contribution in [2.45, 2.75) is 19.4 Å². The smallest absolute Gasteiger partial charge is 0.265 e. The SMILES string of the molecule is Nc1ccc(NCCCn2cccn2)c(C(F)F)c1. The number of nitrogens with one attached hydrogen (secondary N) is 1. The van der Waals surface area contributed by atoms with E-state index in [1.165, 1.54) is 6.07 Å². The number of aryl methyl sites for hydroxylation is 1. The number of benzene rings is 1. The topological polar surface area (TPSA) is 55.9 Å². The molecule has 1 heterocycles. The van der Waals surface area contributed by atoms with Gasteiger partial charge in [-0.25, -0.2) is 8.78 Å². The Bertz CT molecular complexity index is 511. The summed E-state index contributed by atoms with van der Waals surface area (Å²) in [5.41, 5.74) is 6.23. The zero-order valence-electron chi connectivity index (χ0n) is 10.4. The van der Waals surface area contributed by atoms with Gasteiger partial charge in [0.2, 0.25) is 0 Å². The van der Waals surface area contributed by atoms with Crippen LogP contribution < -0.4 is 11.1 Å². The van der Waals surface area contributed by atoms with Crippen LogP contribution in [-0.2, 0) is 6.54 Å². The molecule has 2 rings (SSSR count). The van der Waals surface area contributed by atoms with Crippen LogP contribution in [0.1, 0.15) is 18.4 Å². The van der Waals surface area contributed by atoms with E-state index in [2.05, 4.69) is 10.4 Å². The Morgan fingerprint density at radius 1 is 1.37 bits per heavy atom. The highest BCUT2D eigenvalue weighted by molar-refractivity contribution is 5.58. The second-order valence-electron chi connectivity index (χ2n) is 4.20. The molecular formula is C13H16F2N4. The first kappa shape index (κ1) is 13.3. The fraction of sp³-hybridized carbons (Fsp3) is 0.308. The van der Waals surface area contributed by atoms with Crippen LogP contribution in [0, 0.1) is 0 Å². The van der Waals surface area contributed by atoms with E-state index in [9.17, 15) is 8.78 Å². The Hall–Kier alpha value is -2.11. The molecule has 6 heteroatoms. The molecule has 2 aromatic rings. The third-order valence-electron chi connectivity index (χ3n) is 2.75. The van der Waals surface area contributed by atoms with Gasteiger partial charge in [-0.15, -0.1) is 0 Å². The molecule has 0 spiro atoms. The van der Waals surface area contributed by atoms with Gasteiger partial charge in [-0.2, -0.15) is 5.10 Å². The molecular weight excluding hydrogens is 250 g/mol. The Morgan fingerprint density at radius 3 is 2.89 bits per heavy atom. The van der Waals surface area contributed by atoms with E-state index in [1.54, 1.807) is 23.0 Å². The zero-order chi connectivity index (χ0) is 13.7. The average Bonchev–Trinajstić information content (AvgIpc) is 2.89. The lowest BCUT2D eigenvalue weighted by Gasteiger charge is -2.12. The van der Waals surface area contributed by atoms with E-state index in [0.29, 0.717) is 17.9 Å². The van der Waals surface area contributed by atoms with Gasteiger partial charge < -0.3 is 11.1 Å². The molecule has 0 atom stereocenters. The minimum Gasteiger partial charge on any atom is -0.399 e. The van der Waals surface area contributed by atoms with E-state index >= 15 is 0 Å². The van der Waals surface area contributed by atoms with Gasteiger partial charge in [0.15, 0.2) is 0 Å². The first-order valence-corrected chi connectivity index (χ1v) is 6.05. The van der Waals surface area contributed by atoms with Crippen molar-refractivity contribution in [1.29, 1.82) is 0 Å². The van der Waals surface area contributed by atoms with Crippen molar-refractivity contribution in [1.82, 2.24) is 9.78 Å². The Balaban J connectivity index is 1.88. The molecule has 1 aromatic heterocycles. The van der Waals surface area contributed by atoms with Gasteiger partial charge in [0.05, 0.1) is 0 Å². The normalized spacial score (nSPS) is 10.9. The molecule has 0 saturated carbocycles. The first-order valence-electron chi connectivity index (χ1n) is 6.05. The number of aromatic nitrogens is 2. The highest BCUT2D eigenvalue weighted by Crippen LogP contribution is 2.28. The van der Waals surface area contributed by atoms with E-state index in [-0.39, 0.29) is 5.56 Å². The van der Waals surface area contributed by atoms with Crippen LogP contribution in [0.3, 0.4) is 0 Å². The maximum Gasteiger partial charge on any atom is 0.265 e. The van der Waals surface area contributed by atoms with Crippen molar-refractivity contribution < 1.29 is 8.78 Å². The molecule has 4 nitrogen and oxygen atoms in total. The van der Waals surface area contributed by atoms with Crippen molar-refractivity contribution in [3.05, 3.63) is 42.2 Å². The predicted molar refractivity (Wildman–Crippen MR) is 71.1 cm³/mol. The summed E-state index contributed by atoms with van der Waals surface area (Å²) in [6, 6.07) is 6.36. The first-order chi connectivity index (χ1) is 9.16. The third kappa shape index (κ3) is 3.67. The summed E-state index contributed by atoms with van der Waals surface area (Å²) < 4.78 is 27.5. The lowest BCUT2D eigenvalue weighted by molar-refractivity contribution is 0.152. The van der Waals surface area contributed by atoms with Gasteiger partial charge in [0.1, 0.15) is 0 Å². The second-order valence-corrected chi connectivity index (χ2v) is 4.20. The lowest BCUT2D eigenvalue weighted by atomic mass is 10.1. The van der Waals surface area contributed by atoms with Gasteiger partial charge in [-0.05, 0) is 30.7 Å². The largest absolute Gasteiger partial charge is 0.399 e. The number of rotatable bonds is 6. The fourth-order valence-electron chi connectivity index (χ4n) is 1.82. The third-order valence-corrected chi connectivity index (χ3v) is 2.75. The minimum absolute atomic E-state index is 0.0564. The predicted octanol–water partition coefficient (Wildman–Crippen LogP) is 2.91. The summed E-state index contributed by atoms with van der Waals surface area (Å²) in [5.74, 6) is 0. The summed E-state index contributed by atoms with van der Waals surface area (Å²) in [7, 11) is 0. The van der Waals surface area contributed by atoms with Crippen LogP contribution in [-0.4, -0.2) is 16.3 Å². The number of hydrogen-bond acceptors (Lipinski definition) is 3. The monoisotopic (exact) mass is 266 g/mol. The van der Waals surface area contributed by atoms with E-state index in [0.717, 1.165) is 13.0 Å². The Kier molecular flexibility index (Phi) is 4.33. The maximum absolute atomic E-state index is 12.8. The van der Waals surface area contributed by atoms with Crippen LogP contribution in [0.5, 0.6) is 0 Å². The van der Waals surface area contributed by atoms with Crippen LogP contribution in [0.4, 0.5) is 20.2 Å². The molecule has 102 valence electrons. The minimum atomic E-state index is -2.53. The molecule has 0 aliphatic carbocycles. The quantitative estimate of drug-likeness (QED) is 0.624. The number of anilines is 2. The molecule has 0 aliphatic rings. The van der Waals surface area contributed by atoms with Crippen LogP contribution in [0.15, 0.2) is 36.7 Å². The highest BCUT2D eigenvalue weighted by Gasteiger charge is 2.12. The van der Waals surface area contributed by atoms with Crippen molar-refractivity contribution >= 4 is 11.4 Å². The summed E-state index contributed by atoms with van der Waals surface area (Å²) >= 11 is 0.